The summed E-state index contributed by atoms with van der Waals surface area (Å²) in [6, 6.07) is 10.3. The average molecular weight is 428 g/mol. The van der Waals surface area contributed by atoms with Gasteiger partial charge in [-0.2, -0.15) is 0 Å². The fourth-order valence-electron chi connectivity index (χ4n) is 4.99. The van der Waals surface area contributed by atoms with Gasteiger partial charge >= 0.3 is 0 Å². The van der Waals surface area contributed by atoms with Gasteiger partial charge in [0, 0.05) is 71.1 Å². The molecule has 3 heterocycles. The Balaban J connectivity index is 1.20. The first kappa shape index (κ1) is 22.1. The average Bonchev–Trinajstić information content (AvgIpc) is 2.85. The molecule has 7 heteroatoms. The quantitative estimate of drug-likeness (QED) is 0.710. The molecule has 4 rings (SSSR count). The topological polar surface area (TPSA) is 50.3 Å². The van der Waals surface area contributed by atoms with Gasteiger partial charge in [0.25, 0.3) is 0 Å². The number of amides is 2. The van der Waals surface area contributed by atoms with Gasteiger partial charge in [-0.25, -0.2) is 0 Å². The van der Waals surface area contributed by atoms with E-state index in [2.05, 4.69) is 39.0 Å². The third-order valence-electron chi connectivity index (χ3n) is 7.09. The number of likely N-dealkylation sites (tertiary alicyclic amines) is 1. The monoisotopic (exact) mass is 427 g/mol. The molecule has 0 radical (unpaired) electrons. The molecule has 2 amide bonds. The van der Waals surface area contributed by atoms with Gasteiger partial charge in [-0.1, -0.05) is 18.2 Å². The Morgan fingerprint density at radius 1 is 0.774 bits per heavy atom. The van der Waals surface area contributed by atoms with Gasteiger partial charge in [-0.3, -0.25) is 19.4 Å². The second-order valence-corrected chi connectivity index (χ2v) is 9.08. The summed E-state index contributed by atoms with van der Waals surface area (Å²) in [5.74, 6) is 0.513. The van der Waals surface area contributed by atoms with Crippen molar-refractivity contribution < 1.29 is 9.59 Å². The maximum absolute atomic E-state index is 13.1. The molecule has 1 unspecified atom stereocenters. The van der Waals surface area contributed by atoms with Crippen molar-refractivity contribution in [2.24, 2.45) is 0 Å². The van der Waals surface area contributed by atoms with Gasteiger partial charge in [0.2, 0.25) is 11.8 Å². The van der Waals surface area contributed by atoms with Crippen molar-refractivity contribution in [3.8, 4) is 0 Å². The minimum Gasteiger partial charge on any atom is -0.368 e. The number of rotatable bonds is 5. The van der Waals surface area contributed by atoms with Crippen molar-refractivity contribution in [3.05, 3.63) is 30.3 Å². The zero-order chi connectivity index (χ0) is 21.6. The molecule has 3 aliphatic heterocycles. The molecule has 0 aliphatic carbocycles. The molecule has 0 saturated carbocycles. The number of para-hydroxylation sites is 1. The fraction of sp³-hybridized carbons (Fsp3) is 0.667. The van der Waals surface area contributed by atoms with Crippen molar-refractivity contribution in [3.63, 3.8) is 0 Å². The van der Waals surface area contributed by atoms with Crippen LogP contribution >= 0.6 is 0 Å². The highest BCUT2D eigenvalue weighted by Gasteiger charge is 2.31. The summed E-state index contributed by atoms with van der Waals surface area (Å²) in [5.41, 5.74) is 1.23. The van der Waals surface area contributed by atoms with E-state index in [9.17, 15) is 9.59 Å². The van der Waals surface area contributed by atoms with Gasteiger partial charge in [-0.05, 0) is 38.3 Å². The Labute approximate surface area is 186 Å². The van der Waals surface area contributed by atoms with E-state index in [0.29, 0.717) is 6.54 Å². The van der Waals surface area contributed by atoms with Crippen molar-refractivity contribution >= 4 is 17.5 Å². The molecule has 3 aliphatic rings. The number of hydrogen-bond donors (Lipinski definition) is 0. The zero-order valence-corrected chi connectivity index (χ0v) is 18.9. The molecule has 0 bridgehead atoms. The molecule has 1 aromatic rings. The highest BCUT2D eigenvalue weighted by atomic mass is 16.2. The van der Waals surface area contributed by atoms with E-state index in [0.717, 1.165) is 78.3 Å². The van der Waals surface area contributed by atoms with E-state index in [-0.39, 0.29) is 17.9 Å². The number of benzene rings is 1. The smallest absolute Gasteiger partial charge is 0.239 e. The van der Waals surface area contributed by atoms with E-state index >= 15 is 0 Å². The highest BCUT2D eigenvalue weighted by Crippen LogP contribution is 2.17. The summed E-state index contributed by atoms with van der Waals surface area (Å²) < 4.78 is 0. The van der Waals surface area contributed by atoms with Gasteiger partial charge in [0.15, 0.2) is 0 Å². The summed E-state index contributed by atoms with van der Waals surface area (Å²) in [5, 5.41) is 0. The normalized spacial score (nSPS) is 22.4. The first-order valence-electron chi connectivity index (χ1n) is 11.9. The largest absolute Gasteiger partial charge is 0.368 e. The third-order valence-corrected chi connectivity index (χ3v) is 7.09. The molecule has 3 saturated heterocycles. The molecule has 1 aromatic carbocycles. The van der Waals surface area contributed by atoms with Crippen LogP contribution < -0.4 is 4.90 Å². The lowest BCUT2D eigenvalue weighted by molar-refractivity contribution is -0.139. The number of carbonyl (C=O) groups excluding carboxylic acids is 2. The van der Waals surface area contributed by atoms with Crippen LogP contribution in [0, 0.1) is 0 Å². The Bertz CT molecular complexity index is 721. The lowest BCUT2D eigenvalue weighted by Crippen LogP contribution is -2.58. The van der Waals surface area contributed by atoms with Crippen LogP contribution in [0.4, 0.5) is 5.69 Å². The van der Waals surface area contributed by atoms with Gasteiger partial charge in [-0.15, -0.1) is 0 Å². The minimum absolute atomic E-state index is 0.0942. The van der Waals surface area contributed by atoms with E-state index in [4.69, 9.17) is 0 Å². The van der Waals surface area contributed by atoms with Gasteiger partial charge in [0.1, 0.15) is 0 Å². The Morgan fingerprint density at radius 2 is 1.42 bits per heavy atom. The second kappa shape index (κ2) is 10.5. The van der Waals surface area contributed by atoms with E-state index in [1.165, 1.54) is 12.1 Å². The van der Waals surface area contributed by atoms with Crippen LogP contribution in [-0.4, -0.2) is 109 Å². The molecule has 31 heavy (non-hydrogen) atoms. The van der Waals surface area contributed by atoms with Crippen LogP contribution in [0.15, 0.2) is 30.3 Å². The van der Waals surface area contributed by atoms with E-state index in [1.54, 1.807) is 0 Å². The highest BCUT2D eigenvalue weighted by molar-refractivity contribution is 5.82. The summed E-state index contributed by atoms with van der Waals surface area (Å²) in [6.45, 7) is 11.2. The summed E-state index contributed by atoms with van der Waals surface area (Å²) >= 11 is 0. The van der Waals surface area contributed by atoms with Crippen LogP contribution in [0.1, 0.15) is 26.2 Å². The maximum atomic E-state index is 13.1. The van der Waals surface area contributed by atoms with Crippen molar-refractivity contribution in [1.82, 2.24) is 19.6 Å². The van der Waals surface area contributed by atoms with Gasteiger partial charge < -0.3 is 14.7 Å². The molecule has 170 valence electrons. The number of piperidine rings is 1. The van der Waals surface area contributed by atoms with E-state index in [1.807, 2.05) is 22.8 Å². The predicted molar refractivity (Wildman–Crippen MR) is 123 cm³/mol. The van der Waals surface area contributed by atoms with Crippen LogP contribution in [-0.2, 0) is 9.59 Å². The standard InChI is InChI=1S/C24H37N5O2/c1-21(24(31)29-18-16-27(17-19-29)22-8-4-2-5-9-22)26-14-12-25(13-15-26)20-23(30)28-10-6-3-7-11-28/h2,4-5,8-9,21H,3,6-7,10-20H2,1H3. The summed E-state index contributed by atoms with van der Waals surface area (Å²) in [4.78, 5) is 36.6. The first-order chi connectivity index (χ1) is 15.1. The minimum atomic E-state index is -0.0942. The molecular formula is C24H37N5O2. The Kier molecular flexibility index (Phi) is 7.45. The first-order valence-corrected chi connectivity index (χ1v) is 11.9. The lowest BCUT2D eigenvalue weighted by Gasteiger charge is -2.41. The van der Waals surface area contributed by atoms with Crippen molar-refractivity contribution in [2.75, 3.05) is 76.9 Å². The van der Waals surface area contributed by atoms with E-state index < -0.39 is 0 Å². The number of hydrogen-bond acceptors (Lipinski definition) is 5. The molecule has 7 nitrogen and oxygen atoms in total. The maximum Gasteiger partial charge on any atom is 0.239 e. The molecule has 0 N–H and O–H groups in total. The molecular weight excluding hydrogens is 390 g/mol. The Hall–Kier alpha value is -2.12. The third kappa shape index (κ3) is 5.57. The number of carbonyl (C=O) groups is 2. The fourth-order valence-corrected chi connectivity index (χ4v) is 4.99. The number of anilines is 1. The summed E-state index contributed by atoms with van der Waals surface area (Å²) in [6.07, 6.45) is 3.52. The zero-order valence-electron chi connectivity index (χ0n) is 18.9. The van der Waals surface area contributed by atoms with Crippen molar-refractivity contribution in [1.29, 1.82) is 0 Å². The molecule has 3 fully saturated rings. The predicted octanol–water partition coefficient (Wildman–Crippen LogP) is 1.35. The lowest BCUT2D eigenvalue weighted by atomic mass is 10.1. The van der Waals surface area contributed by atoms with Crippen LogP contribution in [0.3, 0.4) is 0 Å². The molecule has 0 aromatic heterocycles. The number of piperazine rings is 2. The SMILES string of the molecule is CC(C(=O)N1CCN(c2ccccc2)CC1)N1CCN(CC(=O)N2CCCCC2)CC1. The summed E-state index contributed by atoms with van der Waals surface area (Å²) in [7, 11) is 0. The molecule has 0 spiro atoms. The van der Waals surface area contributed by atoms with Crippen molar-refractivity contribution in [2.45, 2.75) is 32.2 Å². The Morgan fingerprint density at radius 3 is 2.06 bits per heavy atom. The number of nitrogens with zero attached hydrogens (tertiary/aromatic N) is 5. The second-order valence-electron chi connectivity index (χ2n) is 9.08. The van der Waals surface area contributed by atoms with Crippen LogP contribution in [0.2, 0.25) is 0 Å². The molecule has 1 atom stereocenters. The van der Waals surface area contributed by atoms with Gasteiger partial charge in [0.05, 0.1) is 12.6 Å². The van der Waals surface area contributed by atoms with Crippen LogP contribution in [0.25, 0.3) is 0 Å². The van der Waals surface area contributed by atoms with Crippen LogP contribution in [0.5, 0.6) is 0 Å².